The molecule has 1 rings (SSSR count). The van der Waals surface area contributed by atoms with Crippen LogP contribution in [0.2, 0.25) is 0 Å². The van der Waals surface area contributed by atoms with Crippen molar-refractivity contribution in [1.82, 2.24) is 0 Å². The smallest absolute Gasteiger partial charge is 0.137 e. The third kappa shape index (κ3) is 1.76. The summed E-state index contributed by atoms with van der Waals surface area (Å²) < 4.78 is 17.8. The summed E-state index contributed by atoms with van der Waals surface area (Å²) in [5.74, 6) is -0.326. The van der Waals surface area contributed by atoms with Crippen LogP contribution < -0.4 is 4.74 Å². The van der Waals surface area contributed by atoms with E-state index in [0.717, 1.165) is 6.07 Å². The molecule has 0 atom stereocenters. The van der Waals surface area contributed by atoms with Crippen molar-refractivity contribution in [1.29, 1.82) is 5.26 Å². The van der Waals surface area contributed by atoms with Crippen molar-refractivity contribution in [2.24, 2.45) is 0 Å². The lowest BCUT2D eigenvalue weighted by Gasteiger charge is -2.05. The molecular weight excluding hydrogens is 173 g/mol. The molecule has 0 spiro atoms. The van der Waals surface area contributed by atoms with Crippen LogP contribution in [0.1, 0.15) is 11.1 Å². The van der Waals surface area contributed by atoms with Crippen LogP contribution in [-0.4, -0.2) is 12.2 Å². The van der Waals surface area contributed by atoms with Crippen LogP contribution in [0.4, 0.5) is 4.39 Å². The third-order valence-corrected chi connectivity index (χ3v) is 1.66. The van der Waals surface area contributed by atoms with Crippen LogP contribution in [0.5, 0.6) is 5.75 Å². The quantitative estimate of drug-likeness (QED) is 0.745. The number of rotatable bonds is 2. The predicted molar refractivity (Wildman–Crippen MR) is 43.6 cm³/mol. The van der Waals surface area contributed by atoms with Gasteiger partial charge in [-0.05, 0) is 12.1 Å². The molecule has 0 saturated carbocycles. The first-order chi connectivity index (χ1) is 6.22. The van der Waals surface area contributed by atoms with E-state index in [2.05, 4.69) is 0 Å². The average Bonchev–Trinajstić information content (AvgIpc) is 2.17. The molecule has 0 unspecified atom stereocenters. The third-order valence-electron chi connectivity index (χ3n) is 1.66. The van der Waals surface area contributed by atoms with Crippen LogP contribution in [0.3, 0.4) is 0 Å². The fourth-order valence-corrected chi connectivity index (χ4v) is 0.973. The second-order valence-corrected chi connectivity index (χ2v) is 2.41. The van der Waals surface area contributed by atoms with Crippen molar-refractivity contribution in [3.8, 4) is 11.8 Å². The lowest BCUT2D eigenvalue weighted by atomic mass is 10.1. The zero-order valence-corrected chi connectivity index (χ0v) is 7.04. The average molecular weight is 181 g/mol. The van der Waals surface area contributed by atoms with Gasteiger partial charge in [0.15, 0.2) is 0 Å². The predicted octanol–water partition coefficient (Wildman–Crippen LogP) is 1.20. The molecule has 3 nitrogen and oxygen atoms in total. The number of hydrogen-bond acceptors (Lipinski definition) is 3. The minimum atomic E-state index is -0.597. The number of ether oxygens (including phenoxy) is 1. The Bertz CT molecular complexity index is 357. The van der Waals surface area contributed by atoms with Crippen LogP contribution in [0.15, 0.2) is 12.1 Å². The van der Waals surface area contributed by atoms with E-state index in [1.165, 1.54) is 13.2 Å². The van der Waals surface area contributed by atoms with Gasteiger partial charge in [-0.3, -0.25) is 0 Å². The maximum Gasteiger partial charge on any atom is 0.137 e. The zero-order chi connectivity index (χ0) is 9.84. The van der Waals surface area contributed by atoms with Crippen molar-refractivity contribution in [2.45, 2.75) is 6.61 Å². The molecule has 0 aliphatic carbocycles. The van der Waals surface area contributed by atoms with Crippen molar-refractivity contribution in [3.05, 3.63) is 29.1 Å². The monoisotopic (exact) mass is 181 g/mol. The van der Waals surface area contributed by atoms with Gasteiger partial charge < -0.3 is 9.84 Å². The summed E-state index contributed by atoms with van der Waals surface area (Å²) in [6.45, 7) is -0.409. The first kappa shape index (κ1) is 9.49. The molecule has 1 N–H and O–H groups in total. The number of aliphatic hydroxyl groups excluding tert-OH is 1. The molecule has 0 aliphatic rings. The standard InChI is InChI=1S/C9H8FNO2/c1-13-9-3-7(5-12)8(10)2-6(9)4-11/h2-3,12H,5H2,1H3. The van der Waals surface area contributed by atoms with E-state index < -0.39 is 12.4 Å². The van der Waals surface area contributed by atoms with Crippen LogP contribution in [0, 0.1) is 17.1 Å². The zero-order valence-electron chi connectivity index (χ0n) is 7.04. The summed E-state index contributed by atoms with van der Waals surface area (Å²) in [4.78, 5) is 0. The molecule has 4 heteroatoms. The Balaban J connectivity index is 3.28. The molecule has 68 valence electrons. The Morgan fingerprint density at radius 3 is 2.77 bits per heavy atom. The van der Waals surface area contributed by atoms with Gasteiger partial charge in [0.25, 0.3) is 0 Å². The lowest BCUT2D eigenvalue weighted by Crippen LogP contribution is -1.95. The van der Waals surface area contributed by atoms with E-state index in [1.54, 1.807) is 6.07 Å². The second kappa shape index (κ2) is 3.87. The highest BCUT2D eigenvalue weighted by Gasteiger charge is 2.08. The summed E-state index contributed by atoms with van der Waals surface area (Å²) in [5, 5.41) is 17.3. The second-order valence-electron chi connectivity index (χ2n) is 2.41. The van der Waals surface area contributed by atoms with Gasteiger partial charge >= 0.3 is 0 Å². The molecule has 13 heavy (non-hydrogen) atoms. The highest BCUT2D eigenvalue weighted by Crippen LogP contribution is 2.21. The van der Waals surface area contributed by atoms with Crippen molar-refractivity contribution < 1.29 is 14.2 Å². The van der Waals surface area contributed by atoms with Gasteiger partial charge in [-0.15, -0.1) is 0 Å². The molecule has 1 aromatic rings. The van der Waals surface area contributed by atoms with Gasteiger partial charge in [-0.25, -0.2) is 4.39 Å². The Labute approximate surface area is 75.0 Å². The van der Waals surface area contributed by atoms with Crippen molar-refractivity contribution in [3.63, 3.8) is 0 Å². The summed E-state index contributed by atoms with van der Waals surface area (Å²) in [7, 11) is 1.38. The van der Waals surface area contributed by atoms with Gasteiger partial charge in [0, 0.05) is 5.56 Å². The first-order valence-electron chi connectivity index (χ1n) is 3.60. The minimum Gasteiger partial charge on any atom is -0.495 e. The maximum atomic E-state index is 13.0. The number of aliphatic hydroxyl groups is 1. The van der Waals surface area contributed by atoms with E-state index in [9.17, 15) is 4.39 Å². The Morgan fingerprint density at radius 1 is 1.62 bits per heavy atom. The highest BCUT2D eigenvalue weighted by molar-refractivity contribution is 5.45. The van der Waals surface area contributed by atoms with E-state index in [4.69, 9.17) is 15.1 Å². The van der Waals surface area contributed by atoms with Gasteiger partial charge in [-0.2, -0.15) is 5.26 Å². The molecule has 0 radical (unpaired) electrons. The molecule has 0 aliphatic heterocycles. The summed E-state index contributed by atoms with van der Waals surface area (Å²) in [6, 6.07) is 4.15. The molecule has 1 aromatic carbocycles. The number of nitrogens with zero attached hydrogens (tertiary/aromatic N) is 1. The SMILES string of the molecule is COc1cc(CO)c(F)cc1C#N. The van der Waals surface area contributed by atoms with Crippen LogP contribution in [0.25, 0.3) is 0 Å². The Morgan fingerprint density at radius 2 is 2.31 bits per heavy atom. The topological polar surface area (TPSA) is 53.2 Å². The van der Waals surface area contributed by atoms with Gasteiger partial charge in [-0.1, -0.05) is 0 Å². The Hall–Kier alpha value is -1.60. The first-order valence-corrected chi connectivity index (χ1v) is 3.60. The molecule has 0 aromatic heterocycles. The molecule has 0 heterocycles. The Kier molecular flexibility index (Phi) is 2.83. The van der Waals surface area contributed by atoms with Crippen LogP contribution in [-0.2, 0) is 6.61 Å². The molecule has 0 amide bonds. The highest BCUT2D eigenvalue weighted by atomic mass is 19.1. The molecular formula is C9H8FNO2. The van der Waals surface area contributed by atoms with Crippen molar-refractivity contribution >= 4 is 0 Å². The lowest BCUT2D eigenvalue weighted by molar-refractivity contribution is 0.274. The van der Waals surface area contributed by atoms with Crippen LogP contribution >= 0.6 is 0 Å². The summed E-state index contributed by atoms with van der Waals surface area (Å²) in [6.07, 6.45) is 0. The number of nitriles is 1. The summed E-state index contributed by atoms with van der Waals surface area (Å²) >= 11 is 0. The molecule has 0 saturated heterocycles. The number of hydrogen-bond donors (Lipinski definition) is 1. The molecule has 0 bridgehead atoms. The normalized spacial score (nSPS) is 9.38. The van der Waals surface area contributed by atoms with E-state index >= 15 is 0 Å². The number of methoxy groups -OCH3 is 1. The number of benzene rings is 1. The van der Waals surface area contributed by atoms with E-state index in [0.29, 0.717) is 0 Å². The summed E-state index contributed by atoms with van der Waals surface area (Å²) in [5.41, 5.74) is 0.244. The van der Waals surface area contributed by atoms with Crippen molar-refractivity contribution in [2.75, 3.05) is 7.11 Å². The van der Waals surface area contributed by atoms with Gasteiger partial charge in [0.1, 0.15) is 17.6 Å². The fourth-order valence-electron chi connectivity index (χ4n) is 0.973. The maximum absolute atomic E-state index is 13.0. The largest absolute Gasteiger partial charge is 0.495 e. The van der Waals surface area contributed by atoms with Gasteiger partial charge in [0.05, 0.1) is 19.3 Å². The minimum absolute atomic E-state index is 0.121. The molecule has 0 fully saturated rings. The number of halogens is 1. The van der Waals surface area contributed by atoms with E-state index in [-0.39, 0.29) is 16.9 Å². The fraction of sp³-hybridized carbons (Fsp3) is 0.222. The van der Waals surface area contributed by atoms with E-state index in [1.807, 2.05) is 0 Å². The van der Waals surface area contributed by atoms with Gasteiger partial charge in [0.2, 0.25) is 0 Å².